The summed E-state index contributed by atoms with van der Waals surface area (Å²) in [5, 5.41) is 6.74. The third kappa shape index (κ3) is 4.59. The lowest BCUT2D eigenvalue weighted by Crippen LogP contribution is -2.18. The summed E-state index contributed by atoms with van der Waals surface area (Å²) in [4.78, 5) is 8.78. The number of anilines is 2. The third-order valence-corrected chi connectivity index (χ3v) is 2.73. The molecule has 0 saturated heterocycles. The van der Waals surface area contributed by atoms with E-state index in [4.69, 9.17) is 0 Å². The van der Waals surface area contributed by atoms with E-state index in [1.165, 1.54) is 0 Å². The molecule has 1 aromatic heterocycles. The van der Waals surface area contributed by atoms with Crippen molar-refractivity contribution in [3.8, 4) is 0 Å². The fourth-order valence-electron chi connectivity index (χ4n) is 1.69. The van der Waals surface area contributed by atoms with Gasteiger partial charge >= 0.3 is 0 Å². The second-order valence-corrected chi connectivity index (χ2v) is 4.27. The molecular weight excluding hydrogens is 212 g/mol. The van der Waals surface area contributed by atoms with Gasteiger partial charge in [0.25, 0.3) is 0 Å². The van der Waals surface area contributed by atoms with Crippen LogP contribution in [0.5, 0.6) is 0 Å². The molecule has 0 aromatic carbocycles. The highest BCUT2D eigenvalue weighted by atomic mass is 15.1. The van der Waals surface area contributed by atoms with Gasteiger partial charge in [-0.2, -0.15) is 0 Å². The maximum absolute atomic E-state index is 4.42. The Morgan fingerprint density at radius 2 is 1.76 bits per heavy atom. The molecule has 0 amide bonds. The first-order valence-corrected chi connectivity index (χ1v) is 6.55. The maximum Gasteiger partial charge on any atom is 0.132 e. The van der Waals surface area contributed by atoms with Gasteiger partial charge in [0, 0.05) is 18.7 Å². The van der Waals surface area contributed by atoms with Crippen LogP contribution < -0.4 is 10.6 Å². The SMILES string of the molecule is CCCNc1cc(NC(CC)CC)nc(C)n1. The Labute approximate surface area is 104 Å². The summed E-state index contributed by atoms with van der Waals surface area (Å²) in [5.74, 6) is 2.64. The van der Waals surface area contributed by atoms with E-state index in [-0.39, 0.29) is 0 Å². The Balaban J connectivity index is 2.74. The van der Waals surface area contributed by atoms with Crippen LogP contribution in [0.2, 0.25) is 0 Å². The quantitative estimate of drug-likeness (QED) is 0.763. The van der Waals surface area contributed by atoms with Crippen molar-refractivity contribution in [1.29, 1.82) is 0 Å². The summed E-state index contributed by atoms with van der Waals surface area (Å²) in [5.41, 5.74) is 0. The van der Waals surface area contributed by atoms with E-state index in [9.17, 15) is 0 Å². The van der Waals surface area contributed by atoms with Gasteiger partial charge in [0.05, 0.1) is 0 Å². The van der Waals surface area contributed by atoms with Gasteiger partial charge in [-0.25, -0.2) is 9.97 Å². The molecule has 0 unspecified atom stereocenters. The van der Waals surface area contributed by atoms with E-state index in [1.807, 2.05) is 13.0 Å². The molecule has 4 heteroatoms. The highest BCUT2D eigenvalue weighted by Crippen LogP contribution is 2.14. The Morgan fingerprint density at radius 3 is 2.35 bits per heavy atom. The molecule has 1 aromatic rings. The summed E-state index contributed by atoms with van der Waals surface area (Å²) in [6.45, 7) is 9.39. The minimum absolute atomic E-state index is 0.489. The number of nitrogens with zero attached hydrogens (tertiary/aromatic N) is 2. The fourth-order valence-corrected chi connectivity index (χ4v) is 1.69. The summed E-state index contributed by atoms with van der Waals surface area (Å²) < 4.78 is 0. The zero-order chi connectivity index (χ0) is 12.7. The number of rotatable bonds is 7. The van der Waals surface area contributed by atoms with E-state index in [2.05, 4.69) is 41.4 Å². The van der Waals surface area contributed by atoms with Crippen LogP contribution in [-0.4, -0.2) is 22.6 Å². The van der Waals surface area contributed by atoms with E-state index in [0.717, 1.165) is 43.3 Å². The van der Waals surface area contributed by atoms with Crippen molar-refractivity contribution < 1.29 is 0 Å². The van der Waals surface area contributed by atoms with Crippen LogP contribution in [0.4, 0.5) is 11.6 Å². The molecule has 0 aliphatic rings. The molecule has 4 nitrogen and oxygen atoms in total. The largest absolute Gasteiger partial charge is 0.370 e. The van der Waals surface area contributed by atoms with Crippen molar-refractivity contribution in [2.75, 3.05) is 17.2 Å². The van der Waals surface area contributed by atoms with Crippen molar-refractivity contribution in [2.45, 2.75) is 53.0 Å². The smallest absolute Gasteiger partial charge is 0.132 e. The Kier molecular flexibility index (Phi) is 5.73. The van der Waals surface area contributed by atoms with Crippen LogP contribution in [0.1, 0.15) is 45.9 Å². The molecule has 0 aliphatic carbocycles. The van der Waals surface area contributed by atoms with Crippen molar-refractivity contribution >= 4 is 11.6 Å². The van der Waals surface area contributed by atoms with E-state index < -0.39 is 0 Å². The van der Waals surface area contributed by atoms with Crippen LogP contribution in [-0.2, 0) is 0 Å². The lowest BCUT2D eigenvalue weighted by atomic mass is 10.2. The third-order valence-electron chi connectivity index (χ3n) is 2.73. The molecule has 17 heavy (non-hydrogen) atoms. The first-order valence-electron chi connectivity index (χ1n) is 6.55. The van der Waals surface area contributed by atoms with Gasteiger partial charge in [-0.05, 0) is 26.2 Å². The van der Waals surface area contributed by atoms with Crippen LogP contribution in [0.25, 0.3) is 0 Å². The average molecular weight is 236 g/mol. The summed E-state index contributed by atoms with van der Waals surface area (Å²) in [7, 11) is 0. The van der Waals surface area contributed by atoms with Crippen LogP contribution in [0.3, 0.4) is 0 Å². The monoisotopic (exact) mass is 236 g/mol. The number of hydrogen-bond acceptors (Lipinski definition) is 4. The van der Waals surface area contributed by atoms with Crippen LogP contribution in [0.15, 0.2) is 6.07 Å². The van der Waals surface area contributed by atoms with E-state index >= 15 is 0 Å². The molecule has 1 rings (SSSR count). The van der Waals surface area contributed by atoms with E-state index in [0.29, 0.717) is 6.04 Å². The van der Waals surface area contributed by atoms with Gasteiger partial charge < -0.3 is 10.6 Å². The van der Waals surface area contributed by atoms with Gasteiger partial charge in [-0.3, -0.25) is 0 Å². The topological polar surface area (TPSA) is 49.8 Å². The molecule has 0 saturated carbocycles. The Bertz CT molecular complexity index is 334. The molecular formula is C13H24N4. The summed E-state index contributed by atoms with van der Waals surface area (Å²) >= 11 is 0. The molecule has 0 radical (unpaired) electrons. The first-order chi connectivity index (χ1) is 8.19. The fraction of sp³-hybridized carbons (Fsp3) is 0.692. The highest BCUT2D eigenvalue weighted by Gasteiger charge is 2.06. The number of aryl methyl sites for hydroxylation is 1. The number of aromatic nitrogens is 2. The number of nitrogens with one attached hydrogen (secondary N) is 2. The molecule has 0 spiro atoms. The summed E-state index contributed by atoms with van der Waals surface area (Å²) in [6.07, 6.45) is 3.31. The molecule has 2 N–H and O–H groups in total. The molecule has 0 bridgehead atoms. The van der Waals surface area contributed by atoms with Crippen molar-refractivity contribution in [3.63, 3.8) is 0 Å². The van der Waals surface area contributed by atoms with E-state index in [1.54, 1.807) is 0 Å². The lowest BCUT2D eigenvalue weighted by Gasteiger charge is -2.16. The maximum atomic E-state index is 4.42. The zero-order valence-electron chi connectivity index (χ0n) is 11.4. The molecule has 0 atom stereocenters. The van der Waals surface area contributed by atoms with Crippen molar-refractivity contribution in [1.82, 2.24) is 9.97 Å². The second kappa shape index (κ2) is 7.09. The van der Waals surface area contributed by atoms with Gasteiger partial charge in [-0.1, -0.05) is 20.8 Å². The average Bonchev–Trinajstić information content (AvgIpc) is 2.32. The Hall–Kier alpha value is -1.32. The van der Waals surface area contributed by atoms with Gasteiger partial charge in [0.15, 0.2) is 0 Å². The minimum atomic E-state index is 0.489. The normalized spacial score (nSPS) is 10.6. The lowest BCUT2D eigenvalue weighted by molar-refractivity contribution is 0.667. The van der Waals surface area contributed by atoms with Gasteiger partial charge in [0.1, 0.15) is 17.5 Å². The van der Waals surface area contributed by atoms with Gasteiger partial charge in [-0.15, -0.1) is 0 Å². The molecule has 0 aliphatic heterocycles. The van der Waals surface area contributed by atoms with Crippen LogP contribution >= 0.6 is 0 Å². The Morgan fingerprint density at radius 1 is 1.12 bits per heavy atom. The molecule has 0 fully saturated rings. The summed E-state index contributed by atoms with van der Waals surface area (Å²) in [6, 6.07) is 2.48. The number of hydrogen-bond donors (Lipinski definition) is 2. The molecule has 1 heterocycles. The highest BCUT2D eigenvalue weighted by molar-refractivity contribution is 5.47. The van der Waals surface area contributed by atoms with Crippen molar-refractivity contribution in [3.05, 3.63) is 11.9 Å². The standard InChI is InChI=1S/C13H24N4/c1-5-8-14-12-9-13(16-10(4)15-12)17-11(6-2)7-3/h9,11H,5-8H2,1-4H3,(H2,14,15,16,17). The predicted octanol–water partition coefficient (Wildman–Crippen LogP) is 3.21. The minimum Gasteiger partial charge on any atom is -0.370 e. The zero-order valence-corrected chi connectivity index (χ0v) is 11.4. The van der Waals surface area contributed by atoms with Crippen LogP contribution in [0, 0.1) is 6.92 Å². The van der Waals surface area contributed by atoms with Crippen molar-refractivity contribution in [2.24, 2.45) is 0 Å². The molecule has 96 valence electrons. The first kappa shape index (κ1) is 13.7. The predicted molar refractivity (Wildman–Crippen MR) is 73.5 cm³/mol. The van der Waals surface area contributed by atoms with Gasteiger partial charge in [0.2, 0.25) is 0 Å². The second-order valence-electron chi connectivity index (χ2n) is 4.27.